The fourth-order valence-electron chi connectivity index (χ4n) is 5.42. The summed E-state index contributed by atoms with van der Waals surface area (Å²) in [6, 6.07) is 19.9. The van der Waals surface area contributed by atoms with Crippen molar-refractivity contribution in [1.29, 1.82) is 0 Å². The van der Waals surface area contributed by atoms with Crippen molar-refractivity contribution in [3.63, 3.8) is 0 Å². The predicted octanol–water partition coefficient (Wildman–Crippen LogP) is 6.78. The molecule has 0 saturated heterocycles. The topological polar surface area (TPSA) is 114 Å². The molecule has 1 aliphatic carbocycles. The van der Waals surface area contributed by atoms with Crippen LogP contribution in [0.15, 0.2) is 84.1 Å². The van der Waals surface area contributed by atoms with Gasteiger partial charge in [-0.3, -0.25) is 14.9 Å². The molecule has 0 bridgehead atoms. The summed E-state index contributed by atoms with van der Waals surface area (Å²) in [5.41, 5.74) is 4.05. The van der Waals surface area contributed by atoms with Crippen LogP contribution in [0.1, 0.15) is 55.6 Å². The summed E-state index contributed by atoms with van der Waals surface area (Å²) < 4.78 is 5.08. The molecule has 3 aromatic carbocycles. The first-order valence-electron chi connectivity index (χ1n) is 13.3. The Bertz CT molecular complexity index is 1580. The number of allylic oxidation sites excluding steroid dienone is 1. The van der Waals surface area contributed by atoms with Gasteiger partial charge in [-0.1, -0.05) is 38.1 Å². The largest absolute Gasteiger partial charge is 0.462 e. The zero-order valence-corrected chi connectivity index (χ0v) is 23.8. The number of carbonyl (C=O) groups excluding carboxylic acids is 2. The second kappa shape index (κ2) is 11.1. The number of nitro benzene ring substituents is 1. The van der Waals surface area contributed by atoms with Crippen molar-refractivity contribution in [1.82, 2.24) is 0 Å². The van der Waals surface area contributed by atoms with Crippen molar-refractivity contribution in [2.45, 2.75) is 39.7 Å². The van der Waals surface area contributed by atoms with E-state index in [9.17, 15) is 19.7 Å². The molecule has 0 spiro atoms. The summed E-state index contributed by atoms with van der Waals surface area (Å²) in [7, 11) is 0. The number of ether oxygens (including phenoxy) is 1. The highest BCUT2D eigenvalue weighted by Gasteiger charge is 2.42. The van der Waals surface area contributed by atoms with E-state index in [2.05, 4.69) is 24.5 Å². The number of carbonyl (C=O) groups is 2. The van der Waals surface area contributed by atoms with Crippen LogP contribution in [-0.2, 0) is 9.53 Å². The number of nitrogens with zero attached hydrogens (tertiary/aromatic N) is 2. The summed E-state index contributed by atoms with van der Waals surface area (Å²) in [5.74, 6) is -0.460. The van der Waals surface area contributed by atoms with E-state index in [0.717, 1.165) is 11.4 Å². The van der Waals surface area contributed by atoms with Gasteiger partial charge in [-0.15, -0.1) is 0 Å². The molecule has 41 heavy (non-hydrogen) atoms. The van der Waals surface area contributed by atoms with Crippen LogP contribution < -0.4 is 15.5 Å². The Kier molecular flexibility index (Phi) is 7.59. The lowest BCUT2D eigenvalue weighted by Crippen LogP contribution is -2.41. The van der Waals surface area contributed by atoms with Crippen molar-refractivity contribution in [2.75, 3.05) is 22.1 Å². The first-order chi connectivity index (χ1) is 19.6. The Morgan fingerprint density at radius 1 is 1.12 bits per heavy atom. The number of fused-ring (bicyclic) bond motifs is 1. The molecule has 0 aromatic heterocycles. The smallest absolute Gasteiger partial charge is 0.338 e. The second-order valence-electron chi connectivity index (χ2n) is 10.8. The van der Waals surface area contributed by atoms with Crippen LogP contribution in [0.2, 0.25) is 0 Å². The molecule has 1 heterocycles. The Labute approximate surface area is 243 Å². The Hall–Kier alpha value is -4.57. The quantitative estimate of drug-likeness (QED) is 0.148. The number of nitro groups is 1. The highest BCUT2D eigenvalue weighted by molar-refractivity contribution is 7.80. The van der Waals surface area contributed by atoms with Gasteiger partial charge in [-0.25, -0.2) is 4.79 Å². The summed E-state index contributed by atoms with van der Waals surface area (Å²) in [6.45, 7) is 6.13. The number of ketones is 1. The molecule has 0 radical (unpaired) electrons. The van der Waals surface area contributed by atoms with E-state index in [-0.39, 0.29) is 28.6 Å². The van der Waals surface area contributed by atoms with E-state index < -0.39 is 16.9 Å². The molecular formula is C31H30N4O5S. The van der Waals surface area contributed by atoms with E-state index >= 15 is 0 Å². The number of esters is 1. The lowest BCUT2D eigenvalue weighted by atomic mass is 9.73. The minimum absolute atomic E-state index is 0.0420. The lowest BCUT2D eigenvalue weighted by molar-refractivity contribution is -0.384. The van der Waals surface area contributed by atoms with Crippen LogP contribution in [0.4, 0.5) is 22.7 Å². The minimum atomic E-state index is -0.733. The minimum Gasteiger partial charge on any atom is -0.462 e. The van der Waals surface area contributed by atoms with Gasteiger partial charge in [-0.05, 0) is 72.9 Å². The monoisotopic (exact) mass is 570 g/mol. The first kappa shape index (κ1) is 28.0. The van der Waals surface area contributed by atoms with E-state index in [0.29, 0.717) is 40.9 Å². The van der Waals surface area contributed by atoms with Gasteiger partial charge >= 0.3 is 5.97 Å². The van der Waals surface area contributed by atoms with E-state index in [1.807, 2.05) is 29.2 Å². The molecule has 5 rings (SSSR count). The molecule has 1 atom stereocenters. The van der Waals surface area contributed by atoms with Crippen LogP contribution in [0.5, 0.6) is 0 Å². The number of hydrogen-bond acceptors (Lipinski definition) is 7. The average Bonchev–Trinajstić information content (AvgIpc) is 3.07. The van der Waals surface area contributed by atoms with Crippen molar-refractivity contribution in [3.05, 3.63) is 105 Å². The third kappa shape index (κ3) is 5.69. The standard InChI is InChI=1S/C31H30N4O5S/c1-4-40-29(37)19-12-14-21(15-13-19)32-30(41)34-25-11-6-5-10-23(25)33-24-17-31(2,3)18-26(36)27(24)28(34)20-8-7-9-22(16-20)35(38)39/h5-16,28,33H,4,17-18H2,1-3H3,(H,32,41). The van der Waals surface area contributed by atoms with Crippen molar-refractivity contribution < 1.29 is 19.2 Å². The number of hydrogen-bond donors (Lipinski definition) is 2. The molecular weight excluding hydrogens is 540 g/mol. The van der Waals surface area contributed by atoms with Crippen molar-refractivity contribution >= 4 is 51.8 Å². The van der Waals surface area contributed by atoms with Gasteiger partial charge in [0.2, 0.25) is 0 Å². The average molecular weight is 571 g/mol. The number of benzene rings is 3. The van der Waals surface area contributed by atoms with Gasteiger partial charge in [0.15, 0.2) is 10.9 Å². The lowest BCUT2D eigenvalue weighted by Gasteiger charge is -2.38. The fraction of sp³-hybridized carbons (Fsp3) is 0.258. The number of non-ortho nitro benzene ring substituents is 1. The summed E-state index contributed by atoms with van der Waals surface area (Å²) >= 11 is 5.98. The Morgan fingerprint density at radius 3 is 2.56 bits per heavy atom. The molecule has 10 heteroatoms. The van der Waals surface area contributed by atoms with Gasteiger partial charge in [-0.2, -0.15) is 0 Å². The summed E-state index contributed by atoms with van der Waals surface area (Å²) in [6.07, 6.45) is 0.954. The van der Waals surface area contributed by atoms with E-state index in [4.69, 9.17) is 17.0 Å². The van der Waals surface area contributed by atoms with Crippen molar-refractivity contribution in [3.8, 4) is 0 Å². The zero-order valence-electron chi connectivity index (χ0n) is 23.0. The molecule has 0 amide bonds. The van der Waals surface area contributed by atoms with Crippen LogP contribution in [0, 0.1) is 15.5 Å². The van der Waals surface area contributed by atoms with Gasteiger partial charge in [0, 0.05) is 35.5 Å². The molecule has 1 aliphatic heterocycles. The van der Waals surface area contributed by atoms with Gasteiger partial charge in [0.05, 0.1) is 34.5 Å². The maximum Gasteiger partial charge on any atom is 0.338 e. The number of thiocarbonyl (C=S) groups is 1. The number of para-hydroxylation sites is 2. The van der Waals surface area contributed by atoms with Crippen molar-refractivity contribution in [2.24, 2.45) is 5.41 Å². The predicted molar refractivity (Wildman–Crippen MR) is 162 cm³/mol. The van der Waals surface area contributed by atoms with Crippen LogP contribution in [0.3, 0.4) is 0 Å². The normalized spacial score (nSPS) is 17.5. The highest BCUT2D eigenvalue weighted by atomic mass is 32.1. The summed E-state index contributed by atoms with van der Waals surface area (Å²) in [4.78, 5) is 39.1. The molecule has 0 fully saturated rings. The highest BCUT2D eigenvalue weighted by Crippen LogP contribution is 2.48. The number of rotatable bonds is 5. The molecule has 210 valence electrons. The summed E-state index contributed by atoms with van der Waals surface area (Å²) in [5, 5.41) is 18.8. The molecule has 0 saturated carbocycles. The van der Waals surface area contributed by atoms with Crippen LogP contribution in [0.25, 0.3) is 0 Å². The van der Waals surface area contributed by atoms with Gasteiger partial charge in [0.1, 0.15) is 0 Å². The maximum atomic E-state index is 13.9. The SMILES string of the molecule is CCOC(=O)c1ccc(NC(=S)N2c3ccccc3NC3=C(C(=O)CC(C)(C)C3)C2c2cccc([N+](=O)[O-])c2)cc1. The molecule has 2 aliphatic rings. The van der Waals surface area contributed by atoms with Gasteiger partial charge < -0.3 is 20.3 Å². The Balaban J connectivity index is 1.64. The molecule has 9 nitrogen and oxygen atoms in total. The van der Waals surface area contributed by atoms with E-state index in [1.165, 1.54) is 12.1 Å². The Morgan fingerprint density at radius 2 is 1.85 bits per heavy atom. The third-order valence-corrected chi connectivity index (χ3v) is 7.46. The van der Waals surface area contributed by atoms with Crippen LogP contribution >= 0.6 is 12.2 Å². The maximum absolute atomic E-state index is 13.9. The molecule has 2 N–H and O–H groups in total. The number of Topliss-reactive ketones (excluding diaryl/α,β-unsaturated/α-hetero) is 1. The molecule has 3 aromatic rings. The second-order valence-corrected chi connectivity index (χ2v) is 11.2. The molecule has 1 unspecified atom stereocenters. The van der Waals surface area contributed by atoms with Gasteiger partial charge in [0.25, 0.3) is 5.69 Å². The van der Waals surface area contributed by atoms with E-state index in [1.54, 1.807) is 43.3 Å². The third-order valence-electron chi connectivity index (χ3n) is 7.16. The van der Waals surface area contributed by atoms with Crippen LogP contribution in [-0.4, -0.2) is 28.4 Å². The zero-order chi connectivity index (χ0) is 29.3. The number of nitrogens with one attached hydrogen (secondary N) is 2. The number of anilines is 3. The first-order valence-corrected chi connectivity index (χ1v) is 13.7. The fourth-order valence-corrected chi connectivity index (χ4v) is 5.74.